The first-order valence-electron chi connectivity index (χ1n) is 7.15. The van der Waals surface area contributed by atoms with Crippen LogP contribution in [0.1, 0.15) is 34.9 Å². The largest absolute Gasteiger partial charge is 0.295 e. The molecule has 118 valence electrons. The number of carbonyl (C=O) groups excluding carboxylic acids is 1. The molecule has 0 saturated carbocycles. The van der Waals surface area contributed by atoms with Crippen molar-refractivity contribution in [3.8, 4) is 0 Å². The highest BCUT2D eigenvalue weighted by molar-refractivity contribution is 6.19. The van der Waals surface area contributed by atoms with Gasteiger partial charge >= 0.3 is 0 Å². The van der Waals surface area contributed by atoms with Crippen molar-refractivity contribution in [1.82, 2.24) is 4.98 Å². The van der Waals surface area contributed by atoms with Crippen LogP contribution < -0.4 is 0 Å². The smallest absolute Gasteiger partial charge is 0.190 e. The van der Waals surface area contributed by atoms with Gasteiger partial charge in [0.15, 0.2) is 11.5 Å². The Morgan fingerprint density at radius 2 is 1.87 bits per heavy atom. The van der Waals surface area contributed by atoms with E-state index >= 15 is 0 Å². The van der Waals surface area contributed by atoms with E-state index in [0.29, 0.717) is 12.0 Å². The van der Waals surface area contributed by atoms with Crippen LogP contribution in [0.4, 0.5) is 4.53 Å². The highest BCUT2D eigenvalue weighted by Gasteiger charge is 2.16. The van der Waals surface area contributed by atoms with E-state index in [0.717, 1.165) is 11.1 Å². The van der Waals surface area contributed by atoms with Crippen LogP contribution in [-0.4, -0.2) is 10.8 Å². The SMILES string of the molecule is C=C(C(C)=O)c1cc(Cc2ccc(C)cc2)cnc1C(=C)OF. The summed E-state index contributed by atoms with van der Waals surface area (Å²) in [5.74, 6) is -0.462. The molecule has 23 heavy (non-hydrogen) atoms. The molecule has 0 radical (unpaired) electrons. The summed E-state index contributed by atoms with van der Waals surface area (Å²) in [5, 5.41) is 0. The molecule has 0 atom stereocenters. The second-order valence-electron chi connectivity index (χ2n) is 5.44. The Bertz CT molecular complexity index is 763. The number of benzene rings is 1. The van der Waals surface area contributed by atoms with Crippen molar-refractivity contribution in [3.63, 3.8) is 0 Å². The summed E-state index contributed by atoms with van der Waals surface area (Å²) in [6, 6.07) is 9.91. The normalized spacial score (nSPS) is 10.2. The number of aryl methyl sites for hydroxylation is 1. The van der Waals surface area contributed by atoms with Gasteiger partial charge in [-0.25, -0.2) is 0 Å². The molecule has 3 nitrogen and oxygen atoms in total. The number of hydrogen-bond donors (Lipinski definition) is 0. The van der Waals surface area contributed by atoms with Gasteiger partial charge in [-0.2, -0.15) is 0 Å². The van der Waals surface area contributed by atoms with Gasteiger partial charge in [0.25, 0.3) is 0 Å². The zero-order valence-electron chi connectivity index (χ0n) is 13.2. The maximum absolute atomic E-state index is 12.4. The molecule has 4 heteroatoms. The highest BCUT2D eigenvalue weighted by atomic mass is 19.3. The fourth-order valence-electron chi connectivity index (χ4n) is 2.22. The van der Waals surface area contributed by atoms with Crippen molar-refractivity contribution < 1.29 is 14.3 Å². The lowest BCUT2D eigenvalue weighted by Crippen LogP contribution is -2.03. The standard InChI is InChI=1S/C19H18FNO2/c1-12-5-7-16(8-6-12)9-17-10-18(13(2)14(3)22)19(21-11-17)15(4)23-20/h5-8,10-11H,2,4,9H2,1,3H3. The van der Waals surface area contributed by atoms with Gasteiger partial charge in [-0.15, -0.1) is 0 Å². The highest BCUT2D eigenvalue weighted by Crippen LogP contribution is 2.25. The monoisotopic (exact) mass is 311 g/mol. The van der Waals surface area contributed by atoms with E-state index in [4.69, 9.17) is 0 Å². The molecule has 2 aromatic rings. The number of halogens is 1. The molecular formula is C19H18FNO2. The van der Waals surface area contributed by atoms with Gasteiger partial charge in [0.1, 0.15) is 5.69 Å². The predicted molar refractivity (Wildman–Crippen MR) is 89.2 cm³/mol. The van der Waals surface area contributed by atoms with Crippen LogP contribution in [0, 0.1) is 6.92 Å². The van der Waals surface area contributed by atoms with Crippen molar-refractivity contribution >= 4 is 17.1 Å². The van der Waals surface area contributed by atoms with Gasteiger partial charge in [-0.3, -0.25) is 14.7 Å². The first-order chi connectivity index (χ1) is 10.9. The average Bonchev–Trinajstić information content (AvgIpc) is 2.55. The van der Waals surface area contributed by atoms with Crippen LogP contribution in [0.5, 0.6) is 0 Å². The van der Waals surface area contributed by atoms with Gasteiger partial charge in [0.05, 0.1) is 0 Å². The number of allylic oxidation sites excluding steroid dienone is 1. The quantitative estimate of drug-likeness (QED) is 0.584. The summed E-state index contributed by atoms with van der Waals surface area (Å²) in [5.41, 5.74) is 4.05. The molecule has 0 amide bonds. The van der Waals surface area contributed by atoms with Crippen molar-refractivity contribution in [2.45, 2.75) is 20.3 Å². The van der Waals surface area contributed by atoms with Gasteiger partial charge in [0.2, 0.25) is 0 Å². The molecule has 0 saturated heterocycles. The van der Waals surface area contributed by atoms with Crippen LogP contribution >= 0.6 is 0 Å². The Labute approximate surface area is 135 Å². The van der Waals surface area contributed by atoms with E-state index in [9.17, 15) is 9.32 Å². The van der Waals surface area contributed by atoms with Crippen molar-refractivity contribution in [2.24, 2.45) is 0 Å². The van der Waals surface area contributed by atoms with Crippen molar-refractivity contribution in [2.75, 3.05) is 0 Å². The molecule has 0 spiro atoms. The molecule has 0 bridgehead atoms. The molecular weight excluding hydrogens is 293 g/mol. The number of rotatable bonds is 6. The van der Waals surface area contributed by atoms with Crippen LogP contribution in [0.2, 0.25) is 0 Å². The van der Waals surface area contributed by atoms with Crippen LogP contribution in [-0.2, 0) is 16.2 Å². The van der Waals surface area contributed by atoms with E-state index in [1.807, 2.05) is 31.2 Å². The summed E-state index contributed by atoms with van der Waals surface area (Å²) < 4.78 is 12.4. The summed E-state index contributed by atoms with van der Waals surface area (Å²) in [7, 11) is 0. The second-order valence-corrected chi connectivity index (χ2v) is 5.44. The molecule has 1 aromatic carbocycles. The molecule has 1 heterocycles. The third-order valence-electron chi connectivity index (χ3n) is 3.58. The van der Waals surface area contributed by atoms with Gasteiger partial charge in [-0.1, -0.05) is 36.4 Å². The summed E-state index contributed by atoms with van der Waals surface area (Å²) >= 11 is 0. The Hall–Kier alpha value is -2.75. The zero-order valence-corrected chi connectivity index (χ0v) is 13.2. The number of aromatic nitrogens is 1. The maximum Gasteiger partial charge on any atom is 0.190 e. The summed E-state index contributed by atoms with van der Waals surface area (Å²) in [4.78, 5) is 19.5. The van der Waals surface area contributed by atoms with Crippen LogP contribution in [0.15, 0.2) is 49.7 Å². The van der Waals surface area contributed by atoms with Crippen molar-refractivity contribution in [3.05, 3.63) is 77.6 Å². The third-order valence-corrected chi connectivity index (χ3v) is 3.58. The summed E-state index contributed by atoms with van der Waals surface area (Å²) in [6.07, 6.45) is 2.27. The molecule has 2 rings (SSSR count). The van der Waals surface area contributed by atoms with Crippen LogP contribution in [0.25, 0.3) is 11.3 Å². The average molecular weight is 311 g/mol. The number of pyridine rings is 1. The Morgan fingerprint density at radius 1 is 1.22 bits per heavy atom. The van der Waals surface area contributed by atoms with E-state index in [1.54, 1.807) is 12.3 Å². The van der Waals surface area contributed by atoms with E-state index in [2.05, 4.69) is 23.1 Å². The number of hydrogen-bond acceptors (Lipinski definition) is 3. The molecule has 1 aromatic heterocycles. The minimum Gasteiger partial charge on any atom is -0.295 e. The second kappa shape index (κ2) is 7.01. The van der Waals surface area contributed by atoms with Crippen LogP contribution in [0.3, 0.4) is 0 Å². The molecule has 0 N–H and O–H groups in total. The fourth-order valence-corrected chi connectivity index (χ4v) is 2.22. The van der Waals surface area contributed by atoms with E-state index in [-0.39, 0.29) is 22.8 Å². The van der Waals surface area contributed by atoms with Crippen molar-refractivity contribution in [1.29, 1.82) is 0 Å². The van der Waals surface area contributed by atoms with Gasteiger partial charge in [0, 0.05) is 21.9 Å². The summed E-state index contributed by atoms with van der Waals surface area (Å²) in [6.45, 7) is 10.6. The lowest BCUT2D eigenvalue weighted by atomic mass is 9.97. The zero-order chi connectivity index (χ0) is 17.0. The minimum atomic E-state index is -0.246. The Morgan fingerprint density at radius 3 is 2.43 bits per heavy atom. The van der Waals surface area contributed by atoms with E-state index < -0.39 is 0 Å². The van der Waals surface area contributed by atoms with E-state index in [1.165, 1.54) is 12.5 Å². The molecule has 0 unspecified atom stereocenters. The number of nitrogens with zero attached hydrogens (tertiary/aromatic N) is 1. The lowest BCUT2D eigenvalue weighted by molar-refractivity contribution is -0.111. The molecule has 0 aliphatic carbocycles. The Balaban J connectivity index is 2.41. The first kappa shape index (κ1) is 16.6. The Kier molecular flexibility index (Phi) is 5.06. The molecule has 0 aliphatic rings. The number of Topliss-reactive ketones (excluding diaryl/α,β-unsaturated/α-hetero) is 1. The molecule has 0 aliphatic heterocycles. The minimum absolute atomic E-state index is 0.181. The van der Waals surface area contributed by atoms with Gasteiger partial charge in [-0.05, 0) is 44.0 Å². The third kappa shape index (κ3) is 3.92. The first-order valence-corrected chi connectivity index (χ1v) is 7.15. The number of ketones is 1. The lowest BCUT2D eigenvalue weighted by Gasteiger charge is -2.11. The van der Waals surface area contributed by atoms with Gasteiger partial charge < -0.3 is 0 Å². The number of carbonyl (C=O) groups is 1. The predicted octanol–water partition coefficient (Wildman–Crippen LogP) is 4.45. The maximum atomic E-state index is 12.4. The molecule has 0 fully saturated rings. The fraction of sp³-hybridized carbons (Fsp3) is 0.158. The topological polar surface area (TPSA) is 39.2 Å².